The molecule has 3 aromatic heterocycles. The Morgan fingerprint density at radius 2 is 0.845 bits per heavy atom. The summed E-state index contributed by atoms with van der Waals surface area (Å²) in [5.41, 5.74) is 14.9. The monoisotopic (exact) mass is 744 g/mol. The van der Waals surface area contributed by atoms with Crippen molar-refractivity contribution in [2.24, 2.45) is 0 Å². The molecular formula is C54H40N4. The summed E-state index contributed by atoms with van der Waals surface area (Å²) >= 11 is 0. The van der Waals surface area contributed by atoms with Gasteiger partial charge in [0, 0.05) is 38.2 Å². The van der Waals surface area contributed by atoms with Crippen molar-refractivity contribution in [3.63, 3.8) is 0 Å². The molecular weight excluding hydrogens is 705 g/mol. The zero-order valence-corrected chi connectivity index (χ0v) is 32.7. The van der Waals surface area contributed by atoms with Gasteiger partial charge in [-0.05, 0) is 87.8 Å². The molecule has 0 bridgehead atoms. The molecule has 0 radical (unpaired) electrons. The summed E-state index contributed by atoms with van der Waals surface area (Å²) in [5, 5.41) is 5.90. The summed E-state index contributed by atoms with van der Waals surface area (Å²) in [7, 11) is 0. The molecule has 11 rings (SSSR count). The summed E-state index contributed by atoms with van der Waals surface area (Å²) in [4.78, 5) is 10.4. The zero-order valence-electron chi connectivity index (χ0n) is 32.7. The van der Waals surface area contributed by atoms with Crippen molar-refractivity contribution in [3.05, 3.63) is 194 Å². The molecule has 0 saturated carbocycles. The van der Waals surface area contributed by atoms with Crippen LogP contribution in [0.2, 0.25) is 0 Å². The normalized spacial score (nSPS) is 12.1. The number of rotatable bonds is 5. The molecule has 0 N–H and O–H groups in total. The summed E-state index contributed by atoms with van der Waals surface area (Å²) in [5.74, 6) is 0.666. The van der Waals surface area contributed by atoms with Crippen molar-refractivity contribution in [1.82, 2.24) is 19.1 Å². The molecule has 11 aromatic rings. The summed E-state index contributed by atoms with van der Waals surface area (Å²) in [6, 6.07) is 67.7. The third kappa shape index (κ3) is 5.52. The standard InChI is InChI=1S/C54H40N4/c1-54(2,3)40-27-29-41(30-28-40)57-48-19-11-8-15-42(48)45-33-38(25-31-50(45)57)35-21-23-36(24-22-35)39-26-32-51-46(34-39)43-16-9-12-20-49(43)58(51)53-55-47-18-10-7-17-44(47)52(56-53)37-13-5-4-6-14-37/h4-34H,1-3H3. The Morgan fingerprint density at radius 3 is 1.45 bits per heavy atom. The van der Waals surface area contributed by atoms with Gasteiger partial charge in [-0.15, -0.1) is 0 Å². The maximum Gasteiger partial charge on any atom is 0.235 e. The number of fused-ring (bicyclic) bond motifs is 7. The lowest BCUT2D eigenvalue weighted by Crippen LogP contribution is -2.10. The molecule has 0 aliphatic heterocycles. The predicted molar refractivity (Wildman–Crippen MR) is 243 cm³/mol. The van der Waals surface area contributed by atoms with Gasteiger partial charge in [-0.2, -0.15) is 0 Å². The van der Waals surface area contributed by atoms with E-state index in [9.17, 15) is 0 Å². The van der Waals surface area contributed by atoms with Crippen LogP contribution in [0, 0.1) is 0 Å². The van der Waals surface area contributed by atoms with E-state index in [4.69, 9.17) is 9.97 Å². The Kier molecular flexibility index (Phi) is 7.70. The number of nitrogens with zero attached hydrogens (tertiary/aromatic N) is 4. The summed E-state index contributed by atoms with van der Waals surface area (Å²) < 4.78 is 4.61. The van der Waals surface area contributed by atoms with E-state index in [2.05, 4.69) is 206 Å². The van der Waals surface area contributed by atoms with Crippen molar-refractivity contribution >= 4 is 54.5 Å². The molecule has 0 unspecified atom stereocenters. The fourth-order valence-corrected chi connectivity index (χ4v) is 8.74. The summed E-state index contributed by atoms with van der Waals surface area (Å²) in [6.07, 6.45) is 0. The third-order valence-corrected chi connectivity index (χ3v) is 11.7. The Bertz CT molecular complexity index is 3340. The minimum Gasteiger partial charge on any atom is -0.309 e. The molecule has 276 valence electrons. The average molecular weight is 745 g/mol. The van der Waals surface area contributed by atoms with E-state index in [-0.39, 0.29) is 5.41 Å². The second-order valence-electron chi connectivity index (χ2n) is 16.3. The van der Waals surface area contributed by atoms with Gasteiger partial charge in [0.2, 0.25) is 5.95 Å². The topological polar surface area (TPSA) is 35.6 Å². The van der Waals surface area contributed by atoms with Gasteiger partial charge in [0.05, 0.1) is 33.3 Å². The Labute approximate surface area is 337 Å². The predicted octanol–water partition coefficient (Wildman–Crippen LogP) is 14.1. The Morgan fingerprint density at radius 1 is 0.362 bits per heavy atom. The highest BCUT2D eigenvalue weighted by atomic mass is 15.2. The molecule has 4 nitrogen and oxygen atoms in total. The molecule has 3 heterocycles. The minimum absolute atomic E-state index is 0.110. The number of benzene rings is 8. The van der Waals surface area contributed by atoms with Gasteiger partial charge in [-0.1, -0.05) is 154 Å². The molecule has 58 heavy (non-hydrogen) atoms. The smallest absolute Gasteiger partial charge is 0.235 e. The van der Waals surface area contributed by atoms with Crippen LogP contribution in [0.15, 0.2) is 188 Å². The highest BCUT2D eigenvalue weighted by molar-refractivity contribution is 6.11. The van der Waals surface area contributed by atoms with E-state index in [1.165, 1.54) is 66.1 Å². The third-order valence-electron chi connectivity index (χ3n) is 11.7. The molecule has 0 aliphatic rings. The van der Waals surface area contributed by atoms with Gasteiger partial charge in [0.1, 0.15) is 0 Å². The van der Waals surface area contributed by atoms with Crippen LogP contribution in [0.4, 0.5) is 0 Å². The first-order valence-corrected chi connectivity index (χ1v) is 20.0. The van der Waals surface area contributed by atoms with E-state index < -0.39 is 0 Å². The van der Waals surface area contributed by atoms with E-state index >= 15 is 0 Å². The lowest BCUT2D eigenvalue weighted by Gasteiger charge is -2.19. The summed E-state index contributed by atoms with van der Waals surface area (Å²) in [6.45, 7) is 6.79. The highest BCUT2D eigenvalue weighted by Gasteiger charge is 2.19. The average Bonchev–Trinajstić information content (AvgIpc) is 3.78. The van der Waals surface area contributed by atoms with Crippen molar-refractivity contribution in [2.75, 3.05) is 0 Å². The Hall–Kier alpha value is -7.30. The van der Waals surface area contributed by atoms with Crippen molar-refractivity contribution < 1.29 is 0 Å². The first-order valence-electron chi connectivity index (χ1n) is 20.0. The minimum atomic E-state index is 0.110. The molecule has 0 spiro atoms. The van der Waals surface area contributed by atoms with Crippen LogP contribution in [0.1, 0.15) is 26.3 Å². The van der Waals surface area contributed by atoms with Crippen LogP contribution in [0.25, 0.3) is 99.7 Å². The van der Waals surface area contributed by atoms with Crippen LogP contribution < -0.4 is 0 Å². The Balaban J connectivity index is 0.977. The van der Waals surface area contributed by atoms with Gasteiger partial charge in [-0.25, -0.2) is 9.97 Å². The van der Waals surface area contributed by atoms with Crippen molar-refractivity contribution in [2.45, 2.75) is 26.2 Å². The fourth-order valence-electron chi connectivity index (χ4n) is 8.74. The second-order valence-corrected chi connectivity index (χ2v) is 16.3. The van der Waals surface area contributed by atoms with Gasteiger partial charge < -0.3 is 4.57 Å². The van der Waals surface area contributed by atoms with E-state index in [0.717, 1.165) is 33.2 Å². The van der Waals surface area contributed by atoms with Crippen LogP contribution in [-0.2, 0) is 5.41 Å². The lowest BCUT2D eigenvalue weighted by molar-refractivity contribution is 0.590. The van der Waals surface area contributed by atoms with Crippen LogP contribution in [0.5, 0.6) is 0 Å². The zero-order chi connectivity index (χ0) is 39.0. The number of aromatic nitrogens is 4. The van der Waals surface area contributed by atoms with Gasteiger partial charge in [-0.3, -0.25) is 4.57 Å². The van der Waals surface area contributed by atoms with E-state index in [1.807, 2.05) is 12.1 Å². The maximum atomic E-state index is 5.25. The molecule has 0 atom stereocenters. The first kappa shape index (κ1) is 34.0. The molecule has 4 heteroatoms. The number of para-hydroxylation sites is 3. The SMILES string of the molecule is CC(C)(C)c1ccc(-n2c3ccccc3c3cc(-c4ccc(-c5ccc6c(c5)c5ccccc5n6-c5nc(-c6ccccc6)c6ccccc6n5)cc4)ccc32)cc1. The number of hydrogen-bond donors (Lipinski definition) is 0. The second kappa shape index (κ2) is 13.1. The quantitative estimate of drug-likeness (QED) is 0.176. The van der Waals surface area contributed by atoms with Crippen LogP contribution >= 0.6 is 0 Å². The molecule has 0 fully saturated rings. The number of hydrogen-bond acceptors (Lipinski definition) is 2. The lowest BCUT2D eigenvalue weighted by atomic mass is 9.87. The molecule has 8 aromatic carbocycles. The van der Waals surface area contributed by atoms with Crippen molar-refractivity contribution in [3.8, 4) is 45.1 Å². The van der Waals surface area contributed by atoms with Crippen LogP contribution in [0.3, 0.4) is 0 Å². The van der Waals surface area contributed by atoms with Gasteiger partial charge in [0.15, 0.2) is 0 Å². The molecule has 0 saturated heterocycles. The van der Waals surface area contributed by atoms with E-state index in [1.54, 1.807) is 0 Å². The van der Waals surface area contributed by atoms with Crippen molar-refractivity contribution in [1.29, 1.82) is 0 Å². The van der Waals surface area contributed by atoms with Crippen LogP contribution in [-0.4, -0.2) is 19.1 Å². The molecule has 0 aliphatic carbocycles. The fraction of sp³-hybridized carbons (Fsp3) is 0.0741. The molecule has 0 amide bonds. The van der Waals surface area contributed by atoms with Gasteiger partial charge >= 0.3 is 0 Å². The first-order chi connectivity index (χ1) is 28.4. The highest BCUT2D eigenvalue weighted by Crippen LogP contribution is 2.38. The van der Waals surface area contributed by atoms with E-state index in [0.29, 0.717) is 5.95 Å². The van der Waals surface area contributed by atoms with Gasteiger partial charge in [0.25, 0.3) is 0 Å². The largest absolute Gasteiger partial charge is 0.309 e. The maximum absolute atomic E-state index is 5.25.